The molecule has 5 nitrogen and oxygen atoms in total. The van der Waals surface area contributed by atoms with Gasteiger partial charge in [-0.15, -0.1) is 0 Å². The van der Waals surface area contributed by atoms with Gasteiger partial charge in [-0.1, -0.05) is 0 Å². The van der Waals surface area contributed by atoms with Crippen LogP contribution in [0.15, 0.2) is 0 Å². The molecule has 0 aromatic rings. The smallest absolute Gasteiger partial charge is 0.322 e. The van der Waals surface area contributed by atoms with Crippen molar-refractivity contribution in [2.24, 2.45) is 5.92 Å². The molecule has 2 aliphatic heterocycles. The van der Waals surface area contributed by atoms with E-state index in [0.29, 0.717) is 6.61 Å². The normalized spacial score (nSPS) is 40.8. The minimum atomic E-state index is -0.805. The first-order valence-electron chi connectivity index (χ1n) is 4.10. The second-order valence-corrected chi connectivity index (χ2v) is 3.24. The molecule has 2 heterocycles. The Labute approximate surface area is 70.1 Å². The summed E-state index contributed by atoms with van der Waals surface area (Å²) in [5.74, 6) is -0.725. The molecule has 0 saturated carbocycles. The Morgan fingerprint density at radius 2 is 2.33 bits per heavy atom. The van der Waals surface area contributed by atoms with Crippen LogP contribution in [0.3, 0.4) is 0 Å². The molecule has 0 aromatic heterocycles. The summed E-state index contributed by atoms with van der Waals surface area (Å²) < 4.78 is 5.22. The molecule has 2 rings (SSSR count). The summed E-state index contributed by atoms with van der Waals surface area (Å²) in [6, 6.07) is -0.227. The molecule has 12 heavy (non-hydrogen) atoms. The van der Waals surface area contributed by atoms with Crippen LogP contribution < -0.4 is 10.9 Å². The van der Waals surface area contributed by atoms with E-state index in [1.807, 2.05) is 0 Å². The molecule has 0 bridgehead atoms. The topological polar surface area (TPSA) is 70.6 Å². The minimum absolute atomic E-state index is 0.0799. The van der Waals surface area contributed by atoms with Crippen molar-refractivity contribution in [3.63, 3.8) is 0 Å². The zero-order valence-electron chi connectivity index (χ0n) is 6.62. The molecule has 3 unspecified atom stereocenters. The van der Waals surface area contributed by atoms with Crippen LogP contribution >= 0.6 is 0 Å². The van der Waals surface area contributed by atoms with E-state index >= 15 is 0 Å². The lowest BCUT2D eigenvalue weighted by molar-refractivity contribution is -0.141. The van der Waals surface area contributed by atoms with Gasteiger partial charge in [-0.05, 0) is 6.42 Å². The number of nitrogens with one attached hydrogen (secondary N) is 2. The Bertz CT molecular complexity index is 197. The Morgan fingerprint density at radius 1 is 1.50 bits per heavy atom. The molecule has 0 amide bonds. The SMILES string of the molecule is O=C(O)C1NNC2CCOCC21. The van der Waals surface area contributed by atoms with Crippen molar-refractivity contribution >= 4 is 5.97 Å². The van der Waals surface area contributed by atoms with Gasteiger partial charge in [0.15, 0.2) is 0 Å². The summed E-state index contributed by atoms with van der Waals surface area (Å²) in [5, 5.41) is 8.79. The molecule has 2 saturated heterocycles. The number of carboxylic acids is 1. The first-order chi connectivity index (χ1) is 5.79. The van der Waals surface area contributed by atoms with Crippen LogP contribution in [0.4, 0.5) is 0 Å². The Kier molecular flexibility index (Phi) is 2.00. The molecule has 68 valence electrons. The maximum atomic E-state index is 10.7. The van der Waals surface area contributed by atoms with Gasteiger partial charge in [0.05, 0.1) is 6.61 Å². The predicted octanol–water partition coefficient (Wildman–Crippen LogP) is -1.05. The van der Waals surface area contributed by atoms with Crippen molar-refractivity contribution in [2.45, 2.75) is 18.5 Å². The van der Waals surface area contributed by atoms with Crippen molar-refractivity contribution < 1.29 is 14.6 Å². The molecule has 2 fully saturated rings. The number of aliphatic carboxylic acids is 1. The van der Waals surface area contributed by atoms with Gasteiger partial charge in [-0.25, -0.2) is 5.43 Å². The zero-order chi connectivity index (χ0) is 8.55. The van der Waals surface area contributed by atoms with Crippen LogP contribution in [0.5, 0.6) is 0 Å². The third-order valence-corrected chi connectivity index (χ3v) is 2.52. The van der Waals surface area contributed by atoms with Crippen molar-refractivity contribution in [1.82, 2.24) is 10.9 Å². The maximum Gasteiger partial charge on any atom is 0.322 e. The van der Waals surface area contributed by atoms with Crippen LogP contribution in [0.25, 0.3) is 0 Å². The van der Waals surface area contributed by atoms with Gasteiger partial charge in [-0.2, -0.15) is 0 Å². The zero-order valence-corrected chi connectivity index (χ0v) is 6.62. The number of fused-ring (bicyclic) bond motifs is 1. The van der Waals surface area contributed by atoms with Crippen molar-refractivity contribution in [2.75, 3.05) is 13.2 Å². The second kappa shape index (κ2) is 3.01. The van der Waals surface area contributed by atoms with Gasteiger partial charge in [0, 0.05) is 18.6 Å². The highest BCUT2D eigenvalue weighted by Gasteiger charge is 2.41. The molecule has 0 spiro atoms. The quantitative estimate of drug-likeness (QED) is 0.471. The fourth-order valence-corrected chi connectivity index (χ4v) is 1.82. The van der Waals surface area contributed by atoms with Gasteiger partial charge >= 0.3 is 5.97 Å². The molecule has 3 atom stereocenters. The molecule has 2 aliphatic rings. The van der Waals surface area contributed by atoms with Crippen molar-refractivity contribution in [1.29, 1.82) is 0 Å². The van der Waals surface area contributed by atoms with Crippen LogP contribution in [0, 0.1) is 5.92 Å². The first-order valence-corrected chi connectivity index (χ1v) is 4.10. The Morgan fingerprint density at radius 3 is 3.08 bits per heavy atom. The third-order valence-electron chi connectivity index (χ3n) is 2.52. The van der Waals surface area contributed by atoms with Crippen LogP contribution in [0.2, 0.25) is 0 Å². The standard InChI is InChI=1S/C7H12N2O3/c10-7(11)6-4-3-12-2-1-5(4)8-9-6/h4-6,8-9H,1-3H2,(H,10,11). The van der Waals surface area contributed by atoms with E-state index in [0.717, 1.165) is 13.0 Å². The van der Waals surface area contributed by atoms with E-state index in [2.05, 4.69) is 10.9 Å². The van der Waals surface area contributed by atoms with Crippen LogP contribution in [-0.2, 0) is 9.53 Å². The number of carbonyl (C=O) groups is 1. The molecule has 0 aliphatic carbocycles. The average molecular weight is 172 g/mol. The summed E-state index contributed by atoms with van der Waals surface area (Å²) in [6.07, 6.45) is 0.890. The van der Waals surface area contributed by atoms with Crippen molar-refractivity contribution in [3.05, 3.63) is 0 Å². The molecule has 0 radical (unpaired) electrons. The largest absolute Gasteiger partial charge is 0.480 e. The third kappa shape index (κ3) is 1.20. The number of carboxylic acid groups (broad SMARTS) is 1. The van der Waals surface area contributed by atoms with E-state index in [1.54, 1.807) is 0 Å². The number of hydrogen-bond donors (Lipinski definition) is 3. The summed E-state index contributed by atoms with van der Waals surface area (Å²) in [4.78, 5) is 10.7. The highest BCUT2D eigenvalue weighted by molar-refractivity contribution is 5.74. The van der Waals surface area contributed by atoms with Crippen LogP contribution in [-0.4, -0.2) is 36.4 Å². The maximum absolute atomic E-state index is 10.7. The van der Waals surface area contributed by atoms with Crippen LogP contribution in [0.1, 0.15) is 6.42 Å². The average Bonchev–Trinajstić information content (AvgIpc) is 2.47. The number of hydrazine groups is 1. The van der Waals surface area contributed by atoms with Gasteiger partial charge in [0.25, 0.3) is 0 Å². The molecule has 3 N–H and O–H groups in total. The summed E-state index contributed by atoms with van der Waals surface area (Å²) >= 11 is 0. The summed E-state index contributed by atoms with van der Waals surface area (Å²) in [6.45, 7) is 1.27. The highest BCUT2D eigenvalue weighted by Crippen LogP contribution is 2.22. The lowest BCUT2D eigenvalue weighted by Crippen LogP contribution is -2.40. The van der Waals surface area contributed by atoms with Gasteiger partial charge in [0.2, 0.25) is 0 Å². The number of ether oxygens (including phenoxy) is 1. The van der Waals surface area contributed by atoms with Crippen molar-refractivity contribution in [3.8, 4) is 0 Å². The predicted molar refractivity (Wildman–Crippen MR) is 40.4 cm³/mol. The number of hydrogen-bond acceptors (Lipinski definition) is 4. The fourth-order valence-electron chi connectivity index (χ4n) is 1.82. The van der Waals surface area contributed by atoms with E-state index < -0.39 is 12.0 Å². The van der Waals surface area contributed by atoms with E-state index in [9.17, 15) is 4.79 Å². The lowest BCUT2D eigenvalue weighted by atomic mass is 9.92. The van der Waals surface area contributed by atoms with E-state index in [4.69, 9.17) is 9.84 Å². The minimum Gasteiger partial charge on any atom is -0.480 e. The molecular weight excluding hydrogens is 160 g/mol. The monoisotopic (exact) mass is 172 g/mol. The lowest BCUT2D eigenvalue weighted by Gasteiger charge is -2.25. The fraction of sp³-hybridized carbons (Fsp3) is 0.857. The highest BCUT2D eigenvalue weighted by atomic mass is 16.5. The van der Waals surface area contributed by atoms with Gasteiger partial charge in [0.1, 0.15) is 6.04 Å². The van der Waals surface area contributed by atoms with E-state index in [-0.39, 0.29) is 12.0 Å². The van der Waals surface area contributed by atoms with E-state index in [1.165, 1.54) is 0 Å². The Hall–Kier alpha value is -0.650. The molecule has 0 aromatic carbocycles. The first kappa shape index (κ1) is 7.97. The Balaban J connectivity index is 2.05. The summed E-state index contributed by atoms with van der Waals surface area (Å²) in [5.41, 5.74) is 5.75. The molecular formula is C7H12N2O3. The summed E-state index contributed by atoms with van der Waals surface area (Å²) in [7, 11) is 0. The van der Waals surface area contributed by atoms with Gasteiger partial charge < -0.3 is 9.84 Å². The second-order valence-electron chi connectivity index (χ2n) is 3.24. The number of rotatable bonds is 1. The van der Waals surface area contributed by atoms with Gasteiger partial charge in [-0.3, -0.25) is 10.2 Å². The molecule has 5 heteroatoms.